The summed E-state index contributed by atoms with van der Waals surface area (Å²) in [7, 11) is 0. The second-order valence-corrected chi connectivity index (χ2v) is 9.41. The number of para-hydroxylation sites is 1. The van der Waals surface area contributed by atoms with Crippen LogP contribution in [0.4, 0.5) is 0 Å². The van der Waals surface area contributed by atoms with Gasteiger partial charge in [0.15, 0.2) is 5.96 Å². The number of guanidine groups is 1. The fourth-order valence-corrected chi connectivity index (χ4v) is 4.65. The van der Waals surface area contributed by atoms with Crippen molar-refractivity contribution in [3.05, 3.63) is 65.2 Å². The van der Waals surface area contributed by atoms with Crippen LogP contribution in [0.15, 0.2) is 48.5 Å². The van der Waals surface area contributed by atoms with Crippen molar-refractivity contribution in [2.75, 3.05) is 6.61 Å². The van der Waals surface area contributed by atoms with Crippen LogP contribution in [-0.4, -0.2) is 45.5 Å². The Morgan fingerprint density at radius 3 is 2.68 bits per heavy atom. The van der Waals surface area contributed by atoms with Gasteiger partial charge in [0, 0.05) is 16.7 Å². The van der Waals surface area contributed by atoms with E-state index in [0.29, 0.717) is 17.7 Å². The van der Waals surface area contributed by atoms with Gasteiger partial charge in [-0.25, -0.2) is 0 Å². The molecule has 8 nitrogen and oxygen atoms in total. The standard InChI is InChI=1S/C26H32N4O4/c1-4-26(5-2)14-21(31)30(24(27)29-26)15-17-9-8-10-18(13-17)23(32)28-22-19-11-6-7-12-20(19)34-16-25(22,3)33/h6-13,22,33H,4-5,14-16H2,1-3H3,(H2,27,29)(H,28,32). The molecule has 2 amide bonds. The van der Waals surface area contributed by atoms with Crippen LogP contribution in [0.2, 0.25) is 0 Å². The molecule has 2 aliphatic heterocycles. The molecular weight excluding hydrogens is 432 g/mol. The number of fused-ring (bicyclic) bond motifs is 1. The lowest BCUT2D eigenvalue weighted by molar-refractivity contribution is -0.131. The Kier molecular flexibility index (Phi) is 6.36. The van der Waals surface area contributed by atoms with Crippen molar-refractivity contribution in [2.24, 2.45) is 0 Å². The van der Waals surface area contributed by atoms with Crippen LogP contribution >= 0.6 is 0 Å². The molecule has 0 saturated carbocycles. The third kappa shape index (κ3) is 4.50. The zero-order chi connectivity index (χ0) is 24.5. The number of ether oxygens (including phenoxy) is 1. The number of carbonyl (C=O) groups is 2. The van der Waals surface area contributed by atoms with E-state index < -0.39 is 11.6 Å². The predicted octanol–water partition coefficient (Wildman–Crippen LogP) is 3.12. The molecule has 4 N–H and O–H groups in total. The van der Waals surface area contributed by atoms with Crippen LogP contribution in [0.5, 0.6) is 5.75 Å². The Bertz CT molecular complexity index is 1090. The van der Waals surface area contributed by atoms with Gasteiger partial charge in [-0.05, 0) is 43.5 Å². The first-order valence-electron chi connectivity index (χ1n) is 11.7. The minimum Gasteiger partial charge on any atom is -0.490 e. The van der Waals surface area contributed by atoms with Crippen LogP contribution in [-0.2, 0) is 11.3 Å². The smallest absolute Gasteiger partial charge is 0.251 e. The number of nitrogens with zero attached hydrogens (tertiary/aromatic N) is 1. The lowest BCUT2D eigenvalue weighted by Crippen LogP contribution is -2.61. The van der Waals surface area contributed by atoms with Gasteiger partial charge >= 0.3 is 0 Å². The number of hydrogen-bond donors (Lipinski definition) is 4. The van der Waals surface area contributed by atoms with Crippen molar-refractivity contribution in [3.8, 4) is 5.75 Å². The van der Waals surface area contributed by atoms with Crippen LogP contribution in [0.25, 0.3) is 0 Å². The molecule has 0 aliphatic carbocycles. The van der Waals surface area contributed by atoms with E-state index in [1.54, 1.807) is 25.1 Å². The molecule has 8 heteroatoms. The summed E-state index contributed by atoms with van der Waals surface area (Å²) in [5, 5.41) is 25.4. The van der Waals surface area contributed by atoms with Crippen molar-refractivity contribution in [1.29, 1.82) is 5.41 Å². The fourth-order valence-electron chi connectivity index (χ4n) is 4.65. The molecule has 1 fully saturated rings. The molecule has 2 aliphatic rings. The van der Waals surface area contributed by atoms with Gasteiger partial charge in [-0.15, -0.1) is 0 Å². The molecule has 2 heterocycles. The molecule has 2 aromatic carbocycles. The summed E-state index contributed by atoms with van der Waals surface area (Å²) in [4.78, 5) is 27.4. The average molecular weight is 465 g/mol. The summed E-state index contributed by atoms with van der Waals surface area (Å²) in [6.45, 7) is 5.94. The van der Waals surface area contributed by atoms with E-state index in [4.69, 9.17) is 10.1 Å². The Labute approximate surface area is 199 Å². The highest BCUT2D eigenvalue weighted by Crippen LogP contribution is 2.37. The molecule has 34 heavy (non-hydrogen) atoms. The van der Waals surface area contributed by atoms with Gasteiger partial charge in [0.05, 0.1) is 19.0 Å². The van der Waals surface area contributed by atoms with Crippen LogP contribution in [0, 0.1) is 5.41 Å². The number of rotatable bonds is 6. The summed E-state index contributed by atoms with van der Waals surface area (Å²) in [5.74, 6) is 0.290. The van der Waals surface area contributed by atoms with E-state index in [2.05, 4.69) is 10.6 Å². The minimum absolute atomic E-state index is 0.0677. The van der Waals surface area contributed by atoms with Crippen LogP contribution in [0.3, 0.4) is 0 Å². The number of benzene rings is 2. The first kappa shape index (κ1) is 23.8. The number of aliphatic hydroxyl groups is 1. The van der Waals surface area contributed by atoms with Gasteiger partial charge < -0.3 is 20.5 Å². The van der Waals surface area contributed by atoms with Gasteiger partial charge in [-0.2, -0.15) is 0 Å². The van der Waals surface area contributed by atoms with Crippen molar-refractivity contribution < 1.29 is 19.4 Å². The molecule has 180 valence electrons. The second kappa shape index (κ2) is 9.10. The normalized spacial score (nSPS) is 23.5. The molecule has 2 atom stereocenters. The molecule has 0 radical (unpaired) electrons. The van der Waals surface area contributed by atoms with Crippen molar-refractivity contribution in [1.82, 2.24) is 15.5 Å². The third-order valence-corrected chi connectivity index (χ3v) is 6.97. The first-order valence-corrected chi connectivity index (χ1v) is 11.7. The quantitative estimate of drug-likeness (QED) is 0.524. The molecule has 2 aromatic rings. The van der Waals surface area contributed by atoms with Crippen molar-refractivity contribution >= 4 is 17.8 Å². The topological polar surface area (TPSA) is 115 Å². The summed E-state index contributed by atoms with van der Waals surface area (Å²) < 4.78 is 5.65. The Hall–Kier alpha value is -3.39. The lowest BCUT2D eigenvalue weighted by atomic mass is 9.87. The van der Waals surface area contributed by atoms with E-state index >= 15 is 0 Å². The largest absolute Gasteiger partial charge is 0.490 e. The molecule has 2 unspecified atom stereocenters. The van der Waals surface area contributed by atoms with Crippen molar-refractivity contribution in [2.45, 2.75) is 63.8 Å². The van der Waals surface area contributed by atoms with E-state index in [1.165, 1.54) is 4.90 Å². The summed E-state index contributed by atoms with van der Waals surface area (Å²) in [6.07, 6.45) is 1.86. The van der Waals surface area contributed by atoms with E-state index in [0.717, 1.165) is 24.0 Å². The number of carbonyl (C=O) groups excluding carboxylic acids is 2. The Morgan fingerprint density at radius 2 is 1.97 bits per heavy atom. The molecule has 0 bridgehead atoms. The predicted molar refractivity (Wildman–Crippen MR) is 129 cm³/mol. The summed E-state index contributed by atoms with van der Waals surface area (Å²) >= 11 is 0. The minimum atomic E-state index is -1.27. The number of hydrogen-bond acceptors (Lipinski definition) is 5. The maximum absolute atomic E-state index is 13.1. The number of amides is 2. The highest BCUT2D eigenvalue weighted by molar-refractivity contribution is 5.99. The first-order chi connectivity index (χ1) is 16.2. The molecule has 0 spiro atoms. The van der Waals surface area contributed by atoms with E-state index in [1.807, 2.05) is 44.2 Å². The van der Waals surface area contributed by atoms with Crippen LogP contribution in [0.1, 0.15) is 67.6 Å². The van der Waals surface area contributed by atoms with Gasteiger partial charge in [-0.3, -0.25) is 19.9 Å². The molecule has 1 saturated heterocycles. The van der Waals surface area contributed by atoms with Gasteiger partial charge in [0.25, 0.3) is 5.91 Å². The highest BCUT2D eigenvalue weighted by Gasteiger charge is 2.41. The molecule has 0 aromatic heterocycles. The Morgan fingerprint density at radius 1 is 1.24 bits per heavy atom. The summed E-state index contributed by atoms with van der Waals surface area (Å²) in [5.41, 5.74) is 0.235. The maximum Gasteiger partial charge on any atom is 0.251 e. The molecule has 4 rings (SSSR count). The highest BCUT2D eigenvalue weighted by atomic mass is 16.5. The van der Waals surface area contributed by atoms with Crippen molar-refractivity contribution in [3.63, 3.8) is 0 Å². The third-order valence-electron chi connectivity index (χ3n) is 6.97. The van der Waals surface area contributed by atoms with E-state index in [-0.39, 0.29) is 36.5 Å². The monoisotopic (exact) mass is 464 g/mol. The summed E-state index contributed by atoms with van der Waals surface area (Å²) in [6, 6.07) is 13.7. The van der Waals surface area contributed by atoms with Gasteiger partial charge in [-0.1, -0.05) is 44.2 Å². The Balaban J connectivity index is 1.50. The maximum atomic E-state index is 13.1. The van der Waals surface area contributed by atoms with Gasteiger partial charge in [0.1, 0.15) is 18.0 Å². The van der Waals surface area contributed by atoms with E-state index in [9.17, 15) is 14.7 Å². The van der Waals surface area contributed by atoms with Crippen LogP contribution < -0.4 is 15.4 Å². The zero-order valence-electron chi connectivity index (χ0n) is 19.9. The number of nitrogens with one attached hydrogen (secondary N) is 3. The average Bonchev–Trinajstić information content (AvgIpc) is 2.83. The fraction of sp³-hybridized carbons (Fsp3) is 0.423. The SMILES string of the molecule is CCC1(CC)CC(=O)N(Cc2cccc(C(=O)NC3c4ccccc4OCC3(C)O)c2)C(=N)N1. The second-order valence-electron chi connectivity index (χ2n) is 9.41. The lowest BCUT2D eigenvalue weighted by Gasteiger charge is -2.42. The molecular formula is C26H32N4O4. The zero-order valence-corrected chi connectivity index (χ0v) is 19.9. The van der Waals surface area contributed by atoms with Gasteiger partial charge in [0.2, 0.25) is 5.91 Å².